The normalized spacial score (nSPS) is 14.6. The Kier molecular flexibility index (Phi) is 5.38. The van der Waals surface area contributed by atoms with Crippen molar-refractivity contribution in [1.82, 2.24) is 10.3 Å². The fourth-order valence-electron chi connectivity index (χ4n) is 1.82. The van der Waals surface area contributed by atoms with E-state index in [9.17, 15) is 4.79 Å². The van der Waals surface area contributed by atoms with Crippen molar-refractivity contribution in [2.75, 3.05) is 19.8 Å². The summed E-state index contributed by atoms with van der Waals surface area (Å²) in [6.07, 6.45) is 2.56. The topological polar surface area (TPSA) is 51.2 Å². The van der Waals surface area contributed by atoms with E-state index in [2.05, 4.69) is 10.3 Å². The molecule has 4 nitrogen and oxygen atoms in total. The van der Waals surface area contributed by atoms with E-state index in [1.807, 2.05) is 13.8 Å². The first-order valence-electron chi connectivity index (χ1n) is 7.09. The molecule has 110 valence electrons. The van der Waals surface area contributed by atoms with Crippen molar-refractivity contribution in [2.45, 2.75) is 32.6 Å². The van der Waals surface area contributed by atoms with Crippen LogP contribution in [0.2, 0.25) is 5.15 Å². The van der Waals surface area contributed by atoms with Crippen LogP contribution < -0.4 is 5.32 Å². The van der Waals surface area contributed by atoms with E-state index in [0.717, 1.165) is 18.2 Å². The van der Waals surface area contributed by atoms with Gasteiger partial charge in [-0.25, -0.2) is 4.98 Å². The van der Waals surface area contributed by atoms with Crippen LogP contribution in [0.1, 0.15) is 48.7 Å². The van der Waals surface area contributed by atoms with Crippen LogP contribution >= 0.6 is 11.6 Å². The minimum absolute atomic E-state index is 0.133. The fourth-order valence-corrected chi connectivity index (χ4v) is 2.03. The SMILES string of the molecule is CC(C)c1cc(C(=O)NCCOCC2CC2)cc(Cl)n1. The summed E-state index contributed by atoms with van der Waals surface area (Å²) >= 11 is 5.95. The van der Waals surface area contributed by atoms with Crippen LogP contribution in [0.4, 0.5) is 0 Å². The number of amides is 1. The predicted octanol–water partition coefficient (Wildman–Crippen LogP) is 3.01. The van der Waals surface area contributed by atoms with Gasteiger partial charge in [0.15, 0.2) is 0 Å². The van der Waals surface area contributed by atoms with Crippen molar-refractivity contribution in [2.24, 2.45) is 5.92 Å². The van der Waals surface area contributed by atoms with Gasteiger partial charge in [-0.15, -0.1) is 0 Å². The molecule has 0 saturated heterocycles. The zero-order valence-electron chi connectivity index (χ0n) is 12.0. The van der Waals surface area contributed by atoms with E-state index in [0.29, 0.717) is 23.9 Å². The first kappa shape index (κ1) is 15.3. The van der Waals surface area contributed by atoms with Gasteiger partial charge in [-0.2, -0.15) is 0 Å². The number of carbonyl (C=O) groups is 1. The van der Waals surface area contributed by atoms with Gasteiger partial charge in [0.05, 0.1) is 6.61 Å². The summed E-state index contributed by atoms with van der Waals surface area (Å²) in [5.74, 6) is 0.853. The second-order valence-corrected chi connectivity index (χ2v) is 5.92. The quantitative estimate of drug-likeness (QED) is 0.621. The summed E-state index contributed by atoms with van der Waals surface area (Å²) < 4.78 is 5.48. The molecule has 5 heteroatoms. The highest BCUT2D eigenvalue weighted by molar-refractivity contribution is 6.29. The maximum atomic E-state index is 12.0. The zero-order chi connectivity index (χ0) is 14.5. The van der Waals surface area contributed by atoms with E-state index < -0.39 is 0 Å². The summed E-state index contributed by atoms with van der Waals surface area (Å²) in [5, 5.41) is 3.19. The van der Waals surface area contributed by atoms with Crippen LogP contribution in [-0.2, 0) is 4.74 Å². The summed E-state index contributed by atoms with van der Waals surface area (Å²) in [6, 6.07) is 3.38. The summed E-state index contributed by atoms with van der Waals surface area (Å²) in [5.41, 5.74) is 1.38. The maximum Gasteiger partial charge on any atom is 0.251 e. The Morgan fingerprint density at radius 3 is 2.90 bits per heavy atom. The molecule has 1 aliphatic carbocycles. The smallest absolute Gasteiger partial charge is 0.251 e. The molecule has 0 aromatic carbocycles. The number of rotatable bonds is 7. The van der Waals surface area contributed by atoms with Crippen molar-refractivity contribution >= 4 is 17.5 Å². The molecule has 1 fully saturated rings. The molecule has 1 heterocycles. The van der Waals surface area contributed by atoms with Gasteiger partial charge in [-0.3, -0.25) is 4.79 Å². The molecule has 20 heavy (non-hydrogen) atoms. The minimum atomic E-state index is -0.133. The second-order valence-electron chi connectivity index (χ2n) is 5.53. The lowest BCUT2D eigenvalue weighted by molar-refractivity contribution is 0.0906. The van der Waals surface area contributed by atoms with Crippen LogP contribution in [0, 0.1) is 5.92 Å². The van der Waals surface area contributed by atoms with Crippen molar-refractivity contribution < 1.29 is 9.53 Å². The second kappa shape index (κ2) is 7.04. The Morgan fingerprint density at radius 1 is 1.50 bits per heavy atom. The van der Waals surface area contributed by atoms with Crippen LogP contribution in [-0.4, -0.2) is 30.6 Å². The molecule has 0 aliphatic heterocycles. The van der Waals surface area contributed by atoms with Gasteiger partial charge in [0.2, 0.25) is 0 Å². The highest BCUT2D eigenvalue weighted by atomic mass is 35.5. The lowest BCUT2D eigenvalue weighted by Crippen LogP contribution is -2.27. The summed E-state index contributed by atoms with van der Waals surface area (Å²) in [4.78, 5) is 16.2. The molecule has 2 rings (SSSR count). The average Bonchev–Trinajstić information content (AvgIpc) is 3.21. The number of nitrogens with zero attached hydrogens (tertiary/aromatic N) is 1. The third-order valence-electron chi connectivity index (χ3n) is 3.25. The lowest BCUT2D eigenvalue weighted by atomic mass is 10.1. The number of halogens is 1. The Balaban J connectivity index is 1.81. The molecule has 1 aliphatic rings. The molecule has 0 radical (unpaired) electrons. The number of pyridine rings is 1. The highest BCUT2D eigenvalue weighted by Gasteiger charge is 2.20. The van der Waals surface area contributed by atoms with Gasteiger partial charge in [0.1, 0.15) is 5.15 Å². The van der Waals surface area contributed by atoms with E-state index in [4.69, 9.17) is 16.3 Å². The van der Waals surface area contributed by atoms with Crippen molar-refractivity contribution in [3.05, 3.63) is 28.5 Å². The summed E-state index contributed by atoms with van der Waals surface area (Å²) in [6.45, 7) is 5.92. The largest absolute Gasteiger partial charge is 0.379 e. The zero-order valence-corrected chi connectivity index (χ0v) is 12.7. The number of nitrogens with one attached hydrogen (secondary N) is 1. The molecule has 1 aromatic rings. The van der Waals surface area contributed by atoms with Crippen molar-refractivity contribution in [3.63, 3.8) is 0 Å². The van der Waals surface area contributed by atoms with Crippen molar-refractivity contribution in [3.8, 4) is 0 Å². The van der Waals surface area contributed by atoms with Crippen LogP contribution in [0.25, 0.3) is 0 Å². The van der Waals surface area contributed by atoms with Crippen molar-refractivity contribution in [1.29, 1.82) is 0 Å². The molecule has 1 saturated carbocycles. The molecule has 1 aromatic heterocycles. The standard InChI is InChI=1S/C15H21ClN2O2/c1-10(2)13-7-12(8-14(16)18-13)15(19)17-5-6-20-9-11-3-4-11/h7-8,10-11H,3-6,9H2,1-2H3,(H,17,19). The molecule has 1 N–H and O–H groups in total. The average molecular weight is 297 g/mol. The first-order valence-corrected chi connectivity index (χ1v) is 7.47. The number of ether oxygens (including phenoxy) is 1. The number of hydrogen-bond acceptors (Lipinski definition) is 3. The van der Waals surface area contributed by atoms with E-state index in [-0.39, 0.29) is 11.8 Å². The minimum Gasteiger partial charge on any atom is -0.379 e. The molecular weight excluding hydrogens is 276 g/mol. The highest BCUT2D eigenvalue weighted by Crippen LogP contribution is 2.28. The molecule has 0 unspecified atom stereocenters. The van der Waals surface area contributed by atoms with Crippen LogP contribution in [0.5, 0.6) is 0 Å². The Labute approximate surface area is 124 Å². The molecule has 1 amide bonds. The van der Waals surface area contributed by atoms with Crippen LogP contribution in [0.3, 0.4) is 0 Å². The Hall–Kier alpha value is -1.13. The van der Waals surface area contributed by atoms with Gasteiger partial charge in [0, 0.05) is 24.4 Å². The van der Waals surface area contributed by atoms with E-state index in [1.54, 1.807) is 12.1 Å². The lowest BCUT2D eigenvalue weighted by Gasteiger charge is -2.09. The van der Waals surface area contributed by atoms with Gasteiger partial charge in [-0.05, 0) is 36.8 Å². The van der Waals surface area contributed by atoms with E-state index in [1.165, 1.54) is 12.8 Å². The first-order chi connectivity index (χ1) is 9.56. The maximum absolute atomic E-state index is 12.0. The number of aromatic nitrogens is 1. The molecule has 0 atom stereocenters. The monoisotopic (exact) mass is 296 g/mol. The number of hydrogen-bond donors (Lipinski definition) is 1. The molecular formula is C15H21ClN2O2. The molecule has 0 spiro atoms. The van der Waals surface area contributed by atoms with Gasteiger partial charge in [0.25, 0.3) is 5.91 Å². The fraction of sp³-hybridized carbons (Fsp3) is 0.600. The van der Waals surface area contributed by atoms with Gasteiger partial charge >= 0.3 is 0 Å². The summed E-state index contributed by atoms with van der Waals surface area (Å²) in [7, 11) is 0. The van der Waals surface area contributed by atoms with Gasteiger partial charge in [-0.1, -0.05) is 25.4 Å². The van der Waals surface area contributed by atoms with Gasteiger partial charge < -0.3 is 10.1 Å². The Morgan fingerprint density at radius 2 is 2.25 bits per heavy atom. The molecule has 0 bridgehead atoms. The third kappa shape index (κ3) is 4.76. The number of carbonyl (C=O) groups excluding carboxylic acids is 1. The third-order valence-corrected chi connectivity index (χ3v) is 3.44. The Bertz CT molecular complexity index is 473. The van der Waals surface area contributed by atoms with Crippen LogP contribution in [0.15, 0.2) is 12.1 Å². The van der Waals surface area contributed by atoms with E-state index >= 15 is 0 Å². The predicted molar refractivity (Wildman–Crippen MR) is 79.2 cm³/mol.